The second-order valence-corrected chi connectivity index (χ2v) is 5.64. The highest BCUT2D eigenvalue weighted by Crippen LogP contribution is 2.37. The van der Waals surface area contributed by atoms with Crippen molar-refractivity contribution in [2.75, 3.05) is 13.1 Å². The van der Waals surface area contributed by atoms with E-state index in [1.165, 1.54) is 24.8 Å². The van der Waals surface area contributed by atoms with E-state index in [1.54, 1.807) is 5.56 Å². The lowest BCUT2D eigenvalue weighted by molar-refractivity contribution is 0.211. The molecule has 0 bridgehead atoms. The van der Waals surface area contributed by atoms with Crippen LogP contribution in [0.1, 0.15) is 44.2 Å². The first kappa shape index (κ1) is 12.6. The molecule has 0 atom stereocenters. The van der Waals surface area contributed by atoms with Crippen molar-refractivity contribution in [3.05, 3.63) is 35.4 Å². The third-order valence-electron chi connectivity index (χ3n) is 4.39. The first-order valence-corrected chi connectivity index (χ1v) is 6.98. The van der Waals surface area contributed by atoms with Gasteiger partial charge >= 0.3 is 0 Å². The van der Waals surface area contributed by atoms with Crippen LogP contribution in [0.25, 0.3) is 0 Å². The maximum atomic E-state index is 3.47. The first-order valence-electron chi connectivity index (χ1n) is 6.98. The fraction of sp³-hybridized carbons (Fsp3) is 0.625. The molecule has 0 radical (unpaired) electrons. The van der Waals surface area contributed by atoms with Crippen LogP contribution < -0.4 is 5.32 Å². The van der Waals surface area contributed by atoms with Gasteiger partial charge < -0.3 is 5.32 Å². The smallest absolute Gasteiger partial charge is 0.0205 e. The predicted molar refractivity (Wildman–Crippen MR) is 74.4 cm³/mol. The molecule has 2 rings (SSSR count). The van der Waals surface area contributed by atoms with Gasteiger partial charge in [-0.3, -0.25) is 0 Å². The molecule has 1 heterocycles. The van der Waals surface area contributed by atoms with Crippen molar-refractivity contribution in [2.24, 2.45) is 5.92 Å². The Morgan fingerprint density at radius 3 is 2.41 bits per heavy atom. The lowest BCUT2D eigenvalue weighted by Crippen LogP contribution is -2.57. The summed E-state index contributed by atoms with van der Waals surface area (Å²) in [6, 6.07) is 9.09. The number of nitrogens with one attached hydrogen (secondary N) is 1. The monoisotopic (exact) mass is 231 g/mol. The summed E-state index contributed by atoms with van der Waals surface area (Å²) in [7, 11) is 0. The van der Waals surface area contributed by atoms with Gasteiger partial charge in [0.15, 0.2) is 0 Å². The highest BCUT2D eigenvalue weighted by atomic mass is 15.0. The molecule has 1 aromatic rings. The van der Waals surface area contributed by atoms with E-state index in [0.717, 1.165) is 19.0 Å². The number of hydrogen-bond donors (Lipinski definition) is 1. The number of rotatable bonds is 5. The maximum Gasteiger partial charge on any atom is 0.0205 e. The van der Waals surface area contributed by atoms with Gasteiger partial charge in [0.1, 0.15) is 0 Å². The summed E-state index contributed by atoms with van der Waals surface area (Å²) in [6.07, 6.45) is 3.96. The molecular weight excluding hydrogens is 206 g/mol. The quantitative estimate of drug-likeness (QED) is 0.815. The minimum Gasteiger partial charge on any atom is -0.315 e. The van der Waals surface area contributed by atoms with Crippen molar-refractivity contribution in [1.82, 2.24) is 5.32 Å². The third kappa shape index (κ3) is 2.55. The Balaban J connectivity index is 2.19. The van der Waals surface area contributed by atoms with Gasteiger partial charge in [0.05, 0.1) is 0 Å². The van der Waals surface area contributed by atoms with Gasteiger partial charge in [0.2, 0.25) is 0 Å². The van der Waals surface area contributed by atoms with E-state index in [1.807, 2.05) is 0 Å². The lowest BCUT2D eigenvalue weighted by Gasteiger charge is -2.45. The van der Waals surface area contributed by atoms with Crippen LogP contribution in [-0.4, -0.2) is 13.1 Å². The Labute approximate surface area is 106 Å². The largest absolute Gasteiger partial charge is 0.315 e. The van der Waals surface area contributed by atoms with E-state index in [2.05, 4.69) is 50.4 Å². The van der Waals surface area contributed by atoms with Gasteiger partial charge in [-0.2, -0.15) is 0 Å². The molecule has 1 aliphatic heterocycles. The molecule has 0 unspecified atom stereocenters. The van der Waals surface area contributed by atoms with Crippen LogP contribution in [-0.2, 0) is 5.41 Å². The average Bonchev–Trinajstić information content (AvgIpc) is 2.29. The van der Waals surface area contributed by atoms with Crippen LogP contribution in [0.2, 0.25) is 0 Å². The summed E-state index contributed by atoms with van der Waals surface area (Å²) >= 11 is 0. The Bertz CT molecular complexity index is 362. The zero-order valence-electron chi connectivity index (χ0n) is 11.4. The second kappa shape index (κ2) is 5.22. The van der Waals surface area contributed by atoms with Crippen LogP contribution >= 0.6 is 0 Å². The molecule has 1 saturated heterocycles. The van der Waals surface area contributed by atoms with E-state index in [-0.39, 0.29) is 0 Å². The molecule has 1 aromatic carbocycles. The Morgan fingerprint density at radius 2 is 1.94 bits per heavy atom. The van der Waals surface area contributed by atoms with Crippen LogP contribution in [0, 0.1) is 12.8 Å². The molecule has 1 nitrogen and oxygen atoms in total. The molecule has 17 heavy (non-hydrogen) atoms. The minimum absolute atomic E-state index is 0.419. The van der Waals surface area contributed by atoms with Gasteiger partial charge in [-0.25, -0.2) is 0 Å². The molecule has 0 spiro atoms. The molecule has 0 saturated carbocycles. The number of benzene rings is 1. The summed E-state index contributed by atoms with van der Waals surface area (Å²) in [5.41, 5.74) is 3.35. The molecule has 1 fully saturated rings. The van der Waals surface area contributed by atoms with E-state index in [9.17, 15) is 0 Å². The summed E-state index contributed by atoms with van der Waals surface area (Å²) in [5, 5.41) is 3.47. The molecule has 0 aliphatic carbocycles. The van der Waals surface area contributed by atoms with Crippen LogP contribution in [0.3, 0.4) is 0 Å². The molecule has 94 valence electrons. The highest BCUT2D eigenvalue weighted by molar-refractivity contribution is 5.33. The first-order chi connectivity index (χ1) is 8.20. The maximum absolute atomic E-state index is 3.47. The van der Waals surface area contributed by atoms with Crippen molar-refractivity contribution in [3.8, 4) is 0 Å². The summed E-state index contributed by atoms with van der Waals surface area (Å²) in [4.78, 5) is 0. The van der Waals surface area contributed by atoms with Gasteiger partial charge in [-0.05, 0) is 24.8 Å². The molecule has 1 N–H and O–H groups in total. The Morgan fingerprint density at radius 1 is 1.24 bits per heavy atom. The SMILES string of the molecule is CCC(CC)CC1(c2cccc(C)c2)CNC1. The minimum atomic E-state index is 0.419. The second-order valence-electron chi connectivity index (χ2n) is 5.64. The van der Waals surface area contributed by atoms with E-state index >= 15 is 0 Å². The third-order valence-corrected chi connectivity index (χ3v) is 4.39. The Hall–Kier alpha value is -0.820. The van der Waals surface area contributed by atoms with Gasteiger partial charge in [0, 0.05) is 18.5 Å². The zero-order valence-corrected chi connectivity index (χ0v) is 11.4. The molecule has 0 amide bonds. The fourth-order valence-electron chi connectivity index (χ4n) is 3.00. The van der Waals surface area contributed by atoms with Crippen molar-refractivity contribution in [3.63, 3.8) is 0 Å². The summed E-state index contributed by atoms with van der Waals surface area (Å²) in [5.74, 6) is 0.873. The van der Waals surface area contributed by atoms with E-state index in [0.29, 0.717) is 5.41 Å². The molecule has 1 heteroatoms. The lowest BCUT2D eigenvalue weighted by atomic mass is 9.68. The van der Waals surface area contributed by atoms with E-state index in [4.69, 9.17) is 0 Å². The van der Waals surface area contributed by atoms with Crippen LogP contribution in [0.5, 0.6) is 0 Å². The molecular formula is C16H25N. The molecule has 1 aliphatic rings. The van der Waals surface area contributed by atoms with Crippen molar-refractivity contribution < 1.29 is 0 Å². The zero-order chi connectivity index (χ0) is 12.3. The van der Waals surface area contributed by atoms with Gasteiger partial charge in [0.25, 0.3) is 0 Å². The highest BCUT2D eigenvalue weighted by Gasteiger charge is 2.39. The topological polar surface area (TPSA) is 12.0 Å². The summed E-state index contributed by atoms with van der Waals surface area (Å²) < 4.78 is 0. The van der Waals surface area contributed by atoms with Crippen molar-refractivity contribution in [1.29, 1.82) is 0 Å². The fourth-order valence-corrected chi connectivity index (χ4v) is 3.00. The summed E-state index contributed by atoms with van der Waals surface area (Å²) in [6.45, 7) is 9.16. The predicted octanol–water partition coefficient (Wildman–Crippen LogP) is 3.66. The standard InChI is InChI=1S/C16H25N/c1-4-14(5-2)10-16(11-17-12-16)15-8-6-7-13(3)9-15/h6-9,14,17H,4-5,10-12H2,1-3H3. The van der Waals surface area contributed by atoms with Crippen LogP contribution in [0.4, 0.5) is 0 Å². The van der Waals surface area contributed by atoms with Gasteiger partial charge in [-0.15, -0.1) is 0 Å². The van der Waals surface area contributed by atoms with E-state index < -0.39 is 0 Å². The number of aryl methyl sites for hydroxylation is 1. The average molecular weight is 231 g/mol. The van der Waals surface area contributed by atoms with Gasteiger partial charge in [-0.1, -0.05) is 56.5 Å². The number of hydrogen-bond acceptors (Lipinski definition) is 1. The normalized spacial score (nSPS) is 18.1. The Kier molecular flexibility index (Phi) is 3.88. The van der Waals surface area contributed by atoms with Crippen LogP contribution in [0.15, 0.2) is 24.3 Å². The van der Waals surface area contributed by atoms with Crippen molar-refractivity contribution >= 4 is 0 Å². The molecule has 0 aromatic heterocycles. The van der Waals surface area contributed by atoms with Crippen molar-refractivity contribution in [2.45, 2.75) is 45.4 Å².